The van der Waals surface area contributed by atoms with Gasteiger partial charge in [-0.3, -0.25) is 0 Å². The lowest BCUT2D eigenvalue weighted by Gasteiger charge is -2.40. The van der Waals surface area contributed by atoms with Gasteiger partial charge < -0.3 is 19.3 Å². The molecule has 124 valence electrons. The van der Waals surface area contributed by atoms with Crippen LogP contribution in [-0.4, -0.2) is 65.3 Å². The van der Waals surface area contributed by atoms with E-state index in [-0.39, 0.29) is 24.3 Å². The summed E-state index contributed by atoms with van der Waals surface area (Å²) in [5, 5.41) is 0. The fourth-order valence-electron chi connectivity index (χ4n) is 3.94. The summed E-state index contributed by atoms with van der Waals surface area (Å²) < 4.78 is 12.0. The van der Waals surface area contributed by atoms with Crippen molar-refractivity contribution >= 4 is 6.03 Å². The Balaban J connectivity index is 1.44. The monoisotopic (exact) mass is 317 g/mol. The number of urea groups is 1. The van der Waals surface area contributed by atoms with Crippen molar-refractivity contribution in [2.24, 2.45) is 0 Å². The van der Waals surface area contributed by atoms with Crippen LogP contribution < -0.4 is 4.74 Å². The van der Waals surface area contributed by atoms with Crippen LogP contribution in [0.4, 0.5) is 4.79 Å². The molecule has 4 rings (SSSR count). The van der Waals surface area contributed by atoms with Crippen LogP contribution in [-0.2, 0) is 4.74 Å². The molecule has 6 heteroatoms. The van der Waals surface area contributed by atoms with Crippen molar-refractivity contribution in [3.63, 3.8) is 0 Å². The number of nitrogens with zero attached hydrogens (tertiary/aromatic N) is 3. The van der Waals surface area contributed by atoms with Crippen LogP contribution in [0.3, 0.4) is 0 Å². The van der Waals surface area contributed by atoms with Gasteiger partial charge >= 0.3 is 6.03 Å². The van der Waals surface area contributed by atoms with Gasteiger partial charge in [0.15, 0.2) is 0 Å². The van der Waals surface area contributed by atoms with Crippen LogP contribution in [0.15, 0.2) is 24.4 Å². The van der Waals surface area contributed by atoms with Gasteiger partial charge in [0, 0.05) is 31.9 Å². The summed E-state index contributed by atoms with van der Waals surface area (Å²) in [6.07, 6.45) is 5.73. The number of carbonyl (C=O) groups excluding carboxylic acids is 1. The minimum atomic E-state index is -0.0442. The molecule has 3 aliphatic rings. The van der Waals surface area contributed by atoms with E-state index in [1.807, 2.05) is 28.0 Å². The number of aromatic nitrogens is 1. The van der Waals surface area contributed by atoms with Crippen LogP contribution in [0.1, 0.15) is 25.7 Å². The zero-order valence-electron chi connectivity index (χ0n) is 13.3. The summed E-state index contributed by atoms with van der Waals surface area (Å²) >= 11 is 0. The van der Waals surface area contributed by atoms with E-state index in [0.29, 0.717) is 19.0 Å². The molecule has 0 bridgehead atoms. The third kappa shape index (κ3) is 2.87. The molecule has 2 amide bonds. The predicted molar refractivity (Wildman–Crippen MR) is 84.3 cm³/mol. The molecule has 3 atom stereocenters. The molecule has 0 unspecified atom stereocenters. The number of rotatable bonds is 2. The number of hydrogen-bond acceptors (Lipinski definition) is 4. The standard InChI is InChI=1S/C17H23N3O3/c21-17(19-9-3-4-10-19)20-11-12-22-16-13(20)6-7-14(16)23-15-5-1-2-8-18-15/h1-2,5,8,13-14,16H,3-4,6-7,9-12H2/t13-,14+,16+/m0/s1. The topological polar surface area (TPSA) is 54.9 Å². The summed E-state index contributed by atoms with van der Waals surface area (Å²) in [4.78, 5) is 21.0. The van der Waals surface area contributed by atoms with Gasteiger partial charge in [-0.1, -0.05) is 6.07 Å². The van der Waals surface area contributed by atoms with Crippen molar-refractivity contribution in [3.05, 3.63) is 24.4 Å². The molecule has 2 aliphatic heterocycles. The third-order valence-electron chi connectivity index (χ3n) is 5.07. The molecule has 6 nitrogen and oxygen atoms in total. The molecule has 0 spiro atoms. The molecule has 3 heterocycles. The van der Waals surface area contributed by atoms with Gasteiger partial charge in [0.25, 0.3) is 0 Å². The summed E-state index contributed by atoms with van der Waals surface area (Å²) in [5.74, 6) is 0.629. The molecule has 1 aromatic rings. The number of fused-ring (bicyclic) bond motifs is 1. The molecule has 0 aromatic carbocycles. The van der Waals surface area contributed by atoms with E-state index in [2.05, 4.69) is 4.98 Å². The largest absolute Gasteiger partial charge is 0.471 e. The lowest BCUT2D eigenvalue weighted by Crippen LogP contribution is -2.57. The Bertz CT molecular complexity index is 547. The number of carbonyl (C=O) groups is 1. The quantitative estimate of drug-likeness (QED) is 0.836. The molecular formula is C17H23N3O3. The van der Waals surface area contributed by atoms with E-state index in [4.69, 9.17) is 9.47 Å². The Kier molecular flexibility index (Phi) is 4.08. The van der Waals surface area contributed by atoms with Crippen molar-refractivity contribution in [2.75, 3.05) is 26.2 Å². The first-order chi connectivity index (χ1) is 11.3. The normalized spacial score (nSPS) is 30.3. The van der Waals surface area contributed by atoms with Gasteiger partial charge in [-0.25, -0.2) is 9.78 Å². The van der Waals surface area contributed by atoms with Crippen LogP contribution in [0, 0.1) is 0 Å². The van der Waals surface area contributed by atoms with Gasteiger partial charge in [-0.2, -0.15) is 0 Å². The third-order valence-corrected chi connectivity index (χ3v) is 5.07. The lowest BCUT2D eigenvalue weighted by atomic mass is 10.1. The van der Waals surface area contributed by atoms with Crippen molar-refractivity contribution in [2.45, 2.75) is 43.9 Å². The van der Waals surface area contributed by atoms with E-state index in [1.54, 1.807) is 6.20 Å². The number of amides is 2. The Morgan fingerprint density at radius 1 is 1.22 bits per heavy atom. The fourth-order valence-corrected chi connectivity index (χ4v) is 3.94. The molecule has 1 saturated carbocycles. The number of likely N-dealkylation sites (tertiary alicyclic amines) is 1. The average molecular weight is 317 g/mol. The molecule has 23 heavy (non-hydrogen) atoms. The summed E-state index contributed by atoms with van der Waals surface area (Å²) in [6, 6.07) is 5.96. The average Bonchev–Trinajstić information content (AvgIpc) is 3.25. The number of ether oxygens (including phenoxy) is 2. The van der Waals surface area contributed by atoms with Gasteiger partial charge in [-0.05, 0) is 31.7 Å². The van der Waals surface area contributed by atoms with Crippen LogP contribution in [0.25, 0.3) is 0 Å². The molecular weight excluding hydrogens is 294 g/mol. The van der Waals surface area contributed by atoms with Gasteiger partial charge in [0.05, 0.1) is 12.6 Å². The second-order valence-corrected chi connectivity index (χ2v) is 6.47. The zero-order chi connectivity index (χ0) is 15.6. The van der Waals surface area contributed by atoms with E-state index < -0.39 is 0 Å². The van der Waals surface area contributed by atoms with Gasteiger partial charge in [0.2, 0.25) is 5.88 Å². The predicted octanol–water partition coefficient (Wildman–Crippen LogP) is 1.91. The Morgan fingerprint density at radius 3 is 2.87 bits per heavy atom. The van der Waals surface area contributed by atoms with Crippen LogP contribution in [0.2, 0.25) is 0 Å². The first kappa shape index (κ1) is 14.8. The first-order valence-electron chi connectivity index (χ1n) is 8.58. The number of morpholine rings is 1. The van der Waals surface area contributed by atoms with E-state index >= 15 is 0 Å². The highest BCUT2D eigenvalue weighted by Crippen LogP contribution is 2.33. The highest BCUT2D eigenvalue weighted by molar-refractivity contribution is 5.75. The van der Waals surface area contributed by atoms with Crippen LogP contribution in [0.5, 0.6) is 5.88 Å². The highest BCUT2D eigenvalue weighted by Gasteiger charge is 2.46. The summed E-state index contributed by atoms with van der Waals surface area (Å²) in [7, 11) is 0. The molecule has 3 fully saturated rings. The fraction of sp³-hybridized carbons (Fsp3) is 0.647. The Morgan fingerprint density at radius 2 is 2.09 bits per heavy atom. The molecule has 1 aliphatic carbocycles. The van der Waals surface area contributed by atoms with Crippen LogP contribution >= 0.6 is 0 Å². The van der Waals surface area contributed by atoms with E-state index in [9.17, 15) is 4.79 Å². The summed E-state index contributed by atoms with van der Waals surface area (Å²) in [6.45, 7) is 3.05. The highest BCUT2D eigenvalue weighted by atomic mass is 16.5. The number of pyridine rings is 1. The van der Waals surface area contributed by atoms with Gasteiger partial charge in [-0.15, -0.1) is 0 Å². The number of hydrogen-bond donors (Lipinski definition) is 0. The minimum absolute atomic E-state index is 0.0240. The second-order valence-electron chi connectivity index (χ2n) is 6.47. The molecule has 0 N–H and O–H groups in total. The smallest absolute Gasteiger partial charge is 0.320 e. The maximum atomic E-state index is 12.8. The van der Waals surface area contributed by atoms with Crippen molar-refractivity contribution in [1.29, 1.82) is 0 Å². The first-order valence-corrected chi connectivity index (χ1v) is 8.58. The SMILES string of the molecule is O=C(N1CCCC1)N1CCO[C@H]2[C@H](Oc3ccccn3)CC[C@@H]21. The lowest BCUT2D eigenvalue weighted by molar-refractivity contribution is -0.0790. The summed E-state index contributed by atoms with van der Waals surface area (Å²) in [5.41, 5.74) is 0. The molecule has 0 radical (unpaired) electrons. The maximum Gasteiger partial charge on any atom is 0.320 e. The van der Waals surface area contributed by atoms with Crippen molar-refractivity contribution in [1.82, 2.24) is 14.8 Å². The van der Waals surface area contributed by atoms with E-state index in [0.717, 1.165) is 38.8 Å². The van der Waals surface area contributed by atoms with E-state index in [1.165, 1.54) is 0 Å². The molecule has 2 saturated heterocycles. The van der Waals surface area contributed by atoms with Crippen molar-refractivity contribution in [3.8, 4) is 5.88 Å². The maximum absolute atomic E-state index is 12.8. The Hall–Kier alpha value is -1.82. The zero-order valence-corrected chi connectivity index (χ0v) is 13.3. The second kappa shape index (κ2) is 6.35. The molecule has 1 aromatic heterocycles. The van der Waals surface area contributed by atoms with Gasteiger partial charge in [0.1, 0.15) is 12.2 Å². The Labute approximate surface area is 136 Å². The van der Waals surface area contributed by atoms with Crippen molar-refractivity contribution < 1.29 is 14.3 Å². The minimum Gasteiger partial charge on any atom is -0.471 e.